The maximum Gasteiger partial charge on any atom is 0.138 e. The van der Waals surface area contributed by atoms with Crippen molar-refractivity contribution in [3.63, 3.8) is 0 Å². The van der Waals surface area contributed by atoms with Crippen molar-refractivity contribution in [1.82, 2.24) is 9.55 Å². The number of aliphatic hydroxyl groups is 1. The lowest BCUT2D eigenvalue weighted by Gasteiger charge is -2.12. The molecule has 0 saturated heterocycles. The van der Waals surface area contributed by atoms with E-state index in [0.717, 1.165) is 47.6 Å². The molecule has 0 bridgehead atoms. The fourth-order valence-electron chi connectivity index (χ4n) is 2.92. The van der Waals surface area contributed by atoms with Crippen molar-refractivity contribution in [3.8, 4) is 5.75 Å². The molecule has 0 amide bonds. The van der Waals surface area contributed by atoms with Crippen molar-refractivity contribution in [2.75, 3.05) is 6.61 Å². The van der Waals surface area contributed by atoms with E-state index < -0.39 is 6.10 Å². The maximum atomic E-state index is 9.98. The second-order valence-electron chi connectivity index (χ2n) is 6.11. The fourth-order valence-corrected chi connectivity index (χ4v) is 2.92. The van der Waals surface area contributed by atoms with Gasteiger partial charge in [0, 0.05) is 6.54 Å². The van der Waals surface area contributed by atoms with E-state index in [1.54, 1.807) is 6.92 Å². The Morgan fingerprint density at radius 2 is 1.83 bits per heavy atom. The Kier molecular flexibility index (Phi) is 5.16. The molecule has 126 valence electrons. The van der Waals surface area contributed by atoms with E-state index in [9.17, 15) is 5.11 Å². The number of benzene rings is 2. The van der Waals surface area contributed by atoms with Crippen LogP contribution in [0.25, 0.3) is 11.0 Å². The van der Waals surface area contributed by atoms with Crippen LogP contribution in [0.15, 0.2) is 48.5 Å². The zero-order chi connectivity index (χ0) is 16.9. The molecule has 4 nitrogen and oxygen atoms in total. The van der Waals surface area contributed by atoms with E-state index in [1.807, 2.05) is 36.4 Å². The monoisotopic (exact) mass is 324 g/mol. The molecule has 1 heterocycles. The first-order valence-corrected chi connectivity index (χ1v) is 8.48. The summed E-state index contributed by atoms with van der Waals surface area (Å²) in [5, 5.41) is 9.98. The van der Waals surface area contributed by atoms with Gasteiger partial charge < -0.3 is 14.4 Å². The van der Waals surface area contributed by atoms with Crippen molar-refractivity contribution in [3.05, 3.63) is 59.9 Å². The molecule has 1 atom stereocenters. The Balaban J connectivity index is 1.60. The first kappa shape index (κ1) is 16.5. The van der Waals surface area contributed by atoms with E-state index in [2.05, 4.69) is 28.6 Å². The topological polar surface area (TPSA) is 47.3 Å². The van der Waals surface area contributed by atoms with Crippen molar-refractivity contribution < 1.29 is 9.84 Å². The number of unbranched alkanes of at least 4 members (excludes halogenated alkanes) is 1. The summed E-state index contributed by atoms with van der Waals surface area (Å²) in [6, 6.07) is 16.1. The van der Waals surface area contributed by atoms with E-state index in [-0.39, 0.29) is 0 Å². The quantitative estimate of drug-likeness (QED) is 0.661. The average molecular weight is 324 g/mol. The highest BCUT2D eigenvalue weighted by atomic mass is 16.5. The minimum absolute atomic E-state index is 0.569. The van der Waals surface area contributed by atoms with Crippen LogP contribution in [-0.4, -0.2) is 21.3 Å². The molecule has 0 aliphatic heterocycles. The number of para-hydroxylation sites is 3. The standard InChI is InChI=1S/C20H24N2O2/c1-15-9-3-6-12-19(15)24-14-8-7-13-22-18-11-5-4-10-17(18)21-20(22)16(2)23/h3-6,9-12,16,23H,7-8,13-14H2,1-2H3/t16-/m1/s1. The largest absolute Gasteiger partial charge is 0.493 e. The minimum atomic E-state index is -0.569. The molecular formula is C20H24N2O2. The van der Waals surface area contributed by atoms with E-state index >= 15 is 0 Å². The second kappa shape index (κ2) is 7.49. The molecule has 0 unspecified atom stereocenters. The Labute approximate surface area is 142 Å². The number of rotatable bonds is 7. The minimum Gasteiger partial charge on any atom is -0.493 e. The van der Waals surface area contributed by atoms with Crippen LogP contribution >= 0.6 is 0 Å². The van der Waals surface area contributed by atoms with Gasteiger partial charge in [0.15, 0.2) is 0 Å². The van der Waals surface area contributed by atoms with Crippen molar-refractivity contribution in [1.29, 1.82) is 0 Å². The van der Waals surface area contributed by atoms with Crippen LogP contribution in [0.2, 0.25) is 0 Å². The number of nitrogens with zero attached hydrogens (tertiary/aromatic N) is 2. The number of hydrogen-bond acceptors (Lipinski definition) is 3. The molecule has 0 radical (unpaired) electrons. The summed E-state index contributed by atoms with van der Waals surface area (Å²) in [5.41, 5.74) is 3.17. The lowest BCUT2D eigenvalue weighted by Crippen LogP contribution is -2.08. The Hall–Kier alpha value is -2.33. The van der Waals surface area contributed by atoms with Crippen LogP contribution in [-0.2, 0) is 6.54 Å². The Morgan fingerprint density at radius 3 is 2.62 bits per heavy atom. The average Bonchev–Trinajstić information content (AvgIpc) is 2.95. The van der Waals surface area contributed by atoms with Gasteiger partial charge in [-0.05, 0) is 50.5 Å². The van der Waals surface area contributed by atoms with Crippen LogP contribution in [0.3, 0.4) is 0 Å². The number of aryl methyl sites for hydroxylation is 2. The third-order valence-corrected chi connectivity index (χ3v) is 4.18. The molecule has 2 aromatic carbocycles. The Bertz CT molecular complexity index is 808. The first-order valence-electron chi connectivity index (χ1n) is 8.48. The summed E-state index contributed by atoms with van der Waals surface area (Å²) in [7, 11) is 0. The fraction of sp³-hybridized carbons (Fsp3) is 0.350. The Morgan fingerprint density at radius 1 is 1.08 bits per heavy atom. The normalized spacial score (nSPS) is 12.5. The molecule has 0 spiro atoms. The summed E-state index contributed by atoms with van der Waals surface area (Å²) in [5.74, 6) is 1.69. The molecule has 0 aliphatic carbocycles. The van der Waals surface area contributed by atoms with Gasteiger partial charge in [0.2, 0.25) is 0 Å². The summed E-state index contributed by atoms with van der Waals surface area (Å²) in [4.78, 5) is 4.55. The number of fused-ring (bicyclic) bond motifs is 1. The van der Waals surface area contributed by atoms with Crippen molar-refractivity contribution in [2.24, 2.45) is 0 Å². The highest BCUT2D eigenvalue weighted by Crippen LogP contribution is 2.21. The summed E-state index contributed by atoms with van der Waals surface area (Å²) < 4.78 is 7.97. The predicted octanol–water partition coefficient (Wildman–Crippen LogP) is 4.26. The summed E-state index contributed by atoms with van der Waals surface area (Å²) in [6.07, 6.45) is 1.37. The van der Waals surface area contributed by atoms with Crippen LogP contribution in [0.4, 0.5) is 0 Å². The second-order valence-corrected chi connectivity index (χ2v) is 6.11. The number of aromatic nitrogens is 2. The van der Waals surface area contributed by atoms with Gasteiger partial charge in [-0.3, -0.25) is 0 Å². The molecular weight excluding hydrogens is 300 g/mol. The SMILES string of the molecule is Cc1ccccc1OCCCCn1c([C@@H](C)O)nc2ccccc21. The molecule has 0 saturated carbocycles. The molecule has 0 fully saturated rings. The smallest absolute Gasteiger partial charge is 0.138 e. The third-order valence-electron chi connectivity index (χ3n) is 4.18. The van der Waals surface area contributed by atoms with Gasteiger partial charge in [0.25, 0.3) is 0 Å². The highest BCUT2D eigenvalue weighted by molar-refractivity contribution is 5.75. The van der Waals surface area contributed by atoms with E-state index in [0.29, 0.717) is 6.61 Å². The van der Waals surface area contributed by atoms with Gasteiger partial charge in [-0.1, -0.05) is 30.3 Å². The summed E-state index contributed by atoms with van der Waals surface area (Å²) >= 11 is 0. The zero-order valence-electron chi connectivity index (χ0n) is 14.3. The van der Waals surface area contributed by atoms with Crippen LogP contribution < -0.4 is 4.74 Å². The number of imidazole rings is 1. The molecule has 24 heavy (non-hydrogen) atoms. The van der Waals surface area contributed by atoms with Crippen molar-refractivity contribution >= 4 is 11.0 Å². The van der Waals surface area contributed by atoms with Gasteiger partial charge in [0.05, 0.1) is 17.6 Å². The van der Waals surface area contributed by atoms with Gasteiger partial charge in [0.1, 0.15) is 17.7 Å². The zero-order valence-corrected chi connectivity index (χ0v) is 14.3. The summed E-state index contributed by atoms with van der Waals surface area (Å²) in [6.45, 7) is 5.35. The lowest BCUT2D eigenvalue weighted by molar-refractivity contribution is 0.184. The number of aliphatic hydroxyl groups excluding tert-OH is 1. The molecule has 0 aliphatic rings. The molecule has 3 aromatic rings. The van der Waals surface area contributed by atoms with Gasteiger partial charge >= 0.3 is 0 Å². The third kappa shape index (κ3) is 3.60. The van der Waals surface area contributed by atoms with E-state index in [4.69, 9.17) is 4.74 Å². The van der Waals surface area contributed by atoms with Crippen LogP contribution in [0.1, 0.15) is 37.3 Å². The van der Waals surface area contributed by atoms with Gasteiger partial charge in [-0.2, -0.15) is 0 Å². The van der Waals surface area contributed by atoms with E-state index in [1.165, 1.54) is 0 Å². The molecule has 3 rings (SSSR count). The molecule has 4 heteroatoms. The maximum absolute atomic E-state index is 9.98. The highest BCUT2D eigenvalue weighted by Gasteiger charge is 2.13. The van der Waals surface area contributed by atoms with Crippen molar-refractivity contribution in [2.45, 2.75) is 39.3 Å². The van der Waals surface area contributed by atoms with Gasteiger partial charge in [-0.15, -0.1) is 0 Å². The lowest BCUT2D eigenvalue weighted by atomic mass is 10.2. The number of hydrogen-bond donors (Lipinski definition) is 1. The number of ether oxygens (including phenoxy) is 1. The predicted molar refractivity (Wildman–Crippen MR) is 96.3 cm³/mol. The van der Waals surface area contributed by atoms with Gasteiger partial charge in [-0.25, -0.2) is 4.98 Å². The molecule has 1 aromatic heterocycles. The first-order chi connectivity index (χ1) is 11.7. The van der Waals surface area contributed by atoms with Crippen LogP contribution in [0.5, 0.6) is 5.75 Å². The van der Waals surface area contributed by atoms with Crippen LogP contribution in [0, 0.1) is 6.92 Å². The molecule has 1 N–H and O–H groups in total.